The molecule has 0 saturated heterocycles. The minimum Gasteiger partial charge on any atom is -0.368 e. The molecule has 1 rings (SSSR count). The zero-order chi connectivity index (χ0) is 6.36. The molecule has 1 aromatic rings. The second-order valence-electron chi connectivity index (χ2n) is 1.52. The summed E-state index contributed by atoms with van der Waals surface area (Å²) in [6, 6.07) is 5.57. The number of aromatic amines is 1. The van der Waals surface area contributed by atoms with Crippen molar-refractivity contribution >= 4 is 0 Å². The van der Waals surface area contributed by atoms with Gasteiger partial charge in [-0.25, -0.2) is 0 Å². The van der Waals surface area contributed by atoms with Gasteiger partial charge in [0.25, 0.3) is 0 Å². The molecule has 0 saturated carbocycles. The molecule has 0 spiro atoms. The van der Waals surface area contributed by atoms with Crippen LogP contribution in [-0.4, -0.2) is 9.97 Å². The molecule has 2 heteroatoms. The fourth-order valence-corrected chi connectivity index (χ4v) is 0.464. The number of nitrogens with zero attached hydrogens (tertiary/aromatic N) is 1. The van der Waals surface area contributed by atoms with E-state index < -0.39 is 0 Å². The largest absolute Gasteiger partial charge is 0.368 e. The molecule has 9 heavy (non-hydrogen) atoms. The molecule has 0 fully saturated rings. The predicted molar refractivity (Wildman–Crippen MR) is 36.2 cm³/mol. The van der Waals surface area contributed by atoms with E-state index in [1.165, 1.54) is 0 Å². The summed E-state index contributed by atoms with van der Waals surface area (Å²) >= 11 is 0. The van der Waals surface area contributed by atoms with Gasteiger partial charge in [0.1, 0.15) is 0 Å². The molecule has 0 unspecified atom stereocenters. The van der Waals surface area contributed by atoms with Crippen LogP contribution in [0.25, 0.3) is 0 Å². The molecular weight excluding hydrogens is 112 g/mol. The lowest BCUT2D eigenvalue weighted by molar-refractivity contribution is 1.34. The number of hydrogen-bond donors (Lipinski definition) is 1. The fraction of sp³-hybridized carbons (Fsp3) is 0. The lowest BCUT2D eigenvalue weighted by Crippen LogP contribution is -1.53. The van der Waals surface area contributed by atoms with Crippen LogP contribution in [0.15, 0.2) is 43.0 Å². The van der Waals surface area contributed by atoms with E-state index >= 15 is 0 Å². The van der Waals surface area contributed by atoms with Gasteiger partial charge >= 0.3 is 0 Å². The molecule has 0 bridgehead atoms. The van der Waals surface area contributed by atoms with Crippen molar-refractivity contribution in [2.75, 3.05) is 0 Å². The number of aromatic nitrogens is 2. The summed E-state index contributed by atoms with van der Waals surface area (Å²) in [5, 5.41) is 0. The van der Waals surface area contributed by atoms with E-state index in [4.69, 9.17) is 0 Å². The van der Waals surface area contributed by atoms with Gasteiger partial charge in [0, 0.05) is 24.8 Å². The van der Waals surface area contributed by atoms with Gasteiger partial charge in [-0.2, -0.15) is 0 Å². The van der Waals surface area contributed by atoms with Crippen LogP contribution in [0.3, 0.4) is 0 Å². The fourth-order valence-electron chi connectivity index (χ4n) is 0.464. The molecular formula is C7H8N2. The monoisotopic (exact) mass is 120 g/mol. The average Bonchev–Trinajstić information content (AvgIpc) is 2.00. The third-order valence-electron chi connectivity index (χ3n) is 0.840. The highest BCUT2D eigenvalue weighted by Crippen LogP contribution is 1.71. The normalized spacial score (nSPS) is 8.00. The molecule has 0 amide bonds. The van der Waals surface area contributed by atoms with Crippen molar-refractivity contribution in [1.29, 1.82) is 0 Å². The van der Waals surface area contributed by atoms with Crippen molar-refractivity contribution in [3.05, 3.63) is 43.0 Å². The molecule has 0 aliphatic carbocycles. The van der Waals surface area contributed by atoms with E-state index in [1.54, 1.807) is 12.4 Å². The Morgan fingerprint density at radius 3 is 2.67 bits per heavy atom. The maximum Gasteiger partial charge on any atom is 0.0282 e. The molecule has 0 radical (unpaired) electrons. The van der Waals surface area contributed by atoms with Gasteiger partial charge in [0.15, 0.2) is 0 Å². The van der Waals surface area contributed by atoms with Crippen molar-refractivity contribution in [1.82, 2.24) is 9.97 Å². The van der Waals surface area contributed by atoms with Gasteiger partial charge in [-0.15, -0.1) is 0 Å². The summed E-state index contributed by atoms with van der Waals surface area (Å²) in [5.41, 5.74) is 0. The molecule has 2 nitrogen and oxygen atoms in total. The molecule has 46 valence electrons. The van der Waals surface area contributed by atoms with E-state index in [0.717, 1.165) is 0 Å². The van der Waals surface area contributed by atoms with Gasteiger partial charge in [-0.05, 0) is 18.2 Å². The number of hydrogen-bond acceptors (Lipinski definition) is 1. The van der Waals surface area contributed by atoms with E-state index in [1.807, 2.05) is 30.6 Å². The SMILES string of the molecule is c1cc[nH]cccnc1. The van der Waals surface area contributed by atoms with Crippen LogP contribution in [-0.2, 0) is 0 Å². The minimum atomic E-state index is 1.72. The molecule has 1 aromatic heterocycles. The molecule has 0 atom stereocenters. The third-order valence-corrected chi connectivity index (χ3v) is 0.840. The van der Waals surface area contributed by atoms with E-state index in [0.29, 0.717) is 0 Å². The summed E-state index contributed by atoms with van der Waals surface area (Å²) < 4.78 is 0. The smallest absolute Gasteiger partial charge is 0.0282 e. The van der Waals surface area contributed by atoms with Crippen molar-refractivity contribution in [2.24, 2.45) is 0 Å². The van der Waals surface area contributed by atoms with Crippen LogP contribution in [0.1, 0.15) is 0 Å². The molecule has 1 heterocycles. The van der Waals surface area contributed by atoms with Crippen molar-refractivity contribution in [3.8, 4) is 0 Å². The Labute approximate surface area is 53.9 Å². The second kappa shape index (κ2) is 3.66. The summed E-state index contributed by atoms with van der Waals surface area (Å²) in [5.74, 6) is 0. The first-order chi connectivity index (χ1) is 4.50. The lowest BCUT2D eigenvalue weighted by atomic mass is 10.6. The zero-order valence-corrected chi connectivity index (χ0v) is 4.99. The van der Waals surface area contributed by atoms with Gasteiger partial charge in [0.05, 0.1) is 0 Å². The van der Waals surface area contributed by atoms with Crippen LogP contribution in [0.4, 0.5) is 0 Å². The first-order valence-electron chi connectivity index (χ1n) is 2.76. The zero-order valence-electron chi connectivity index (χ0n) is 4.99. The highest BCUT2D eigenvalue weighted by atomic mass is 14.6. The first kappa shape index (κ1) is 5.82. The Balaban J connectivity index is 3.04. The summed E-state index contributed by atoms with van der Waals surface area (Å²) in [6.45, 7) is 0. The number of rotatable bonds is 0. The number of nitrogens with one attached hydrogen (secondary N) is 1. The Hall–Kier alpha value is -1.31. The Morgan fingerprint density at radius 2 is 1.67 bits per heavy atom. The second-order valence-corrected chi connectivity index (χ2v) is 1.52. The van der Waals surface area contributed by atoms with Gasteiger partial charge in [-0.1, -0.05) is 0 Å². The van der Waals surface area contributed by atoms with Crippen molar-refractivity contribution in [3.63, 3.8) is 0 Å². The molecule has 1 N–H and O–H groups in total. The molecule has 0 aromatic carbocycles. The third kappa shape index (κ3) is 2.49. The lowest BCUT2D eigenvalue weighted by Gasteiger charge is -1.64. The maximum absolute atomic E-state index is 3.91. The standard InChI is InChI=1S/C7H8N2/c1-2-5-9-7-3-6-8-4-1/h1-8H. The Bertz CT molecular complexity index is 129. The van der Waals surface area contributed by atoms with Crippen LogP contribution in [0.5, 0.6) is 0 Å². The quantitative estimate of drug-likeness (QED) is 0.552. The van der Waals surface area contributed by atoms with E-state index in [-0.39, 0.29) is 0 Å². The van der Waals surface area contributed by atoms with Crippen LogP contribution < -0.4 is 0 Å². The van der Waals surface area contributed by atoms with E-state index in [9.17, 15) is 0 Å². The molecule has 0 aliphatic rings. The predicted octanol–water partition coefficient (Wildman–Crippen LogP) is 1.53. The first-order valence-corrected chi connectivity index (χ1v) is 2.76. The van der Waals surface area contributed by atoms with Crippen LogP contribution in [0.2, 0.25) is 0 Å². The minimum absolute atomic E-state index is 1.72. The topological polar surface area (TPSA) is 28.7 Å². The van der Waals surface area contributed by atoms with Gasteiger partial charge in [0.2, 0.25) is 0 Å². The van der Waals surface area contributed by atoms with E-state index in [2.05, 4.69) is 9.97 Å². The summed E-state index contributed by atoms with van der Waals surface area (Å²) in [6.07, 6.45) is 7.10. The van der Waals surface area contributed by atoms with Crippen molar-refractivity contribution < 1.29 is 0 Å². The van der Waals surface area contributed by atoms with Crippen LogP contribution in [0, 0.1) is 0 Å². The van der Waals surface area contributed by atoms with Gasteiger partial charge < -0.3 is 4.98 Å². The Kier molecular flexibility index (Phi) is 2.37. The molecule has 0 aliphatic heterocycles. The van der Waals surface area contributed by atoms with Crippen LogP contribution >= 0.6 is 0 Å². The number of H-pyrrole nitrogens is 1. The summed E-state index contributed by atoms with van der Waals surface area (Å²) in [4.78, 5) is 6.83. The Morgan fingerprint density at radius 1 is 0.889 bits per heavy atom. The van der Waals surface area contributed by atoms with Crippen molar-refractivity contribution in [2.45, 2.75) is 0 Å². The maximum atomic E-state index is 3.91. The highest BCUT2D eigenvalue weighted by molar-refractivity contribution is 4.83. The average molecular weight is 120 g/mol. The highest BCUT2D eigenvalue weighted by Gasteiger charge is 1.57. The summed E-state index contributed by atoms with van der Waals surface area (Å²) in [7, 11) is 0. The van der Waals surface area contributed by atoms with Gasteiger partial charge in [-0.3, -0.25) is 4.98 Å².